The molecule has 0 saturated carbocycles. The molecule has 0 fully saturated rings. The molecule has 0 aliphatic heterocycles. The van der Waals surface area contributed by atoms with Gasteiger partial charge in [0.1, 0.15) is 0 Å². The first kappa shape index (κ1) is 15.9. The molecule has 1 aromatic carbocycles. The van der Waals surface area contributed by atoms with E-state index in [0.29, 0.717) is 0 Å². The van der Waals surface area contributed by atoms with Crippen molar-refractivity contribution in [1.29, 1.82) is 0 Å². The van der Waals surface area contributed by atoms with Gasteiger partial charge in [0.15, 0.2) is 5.78 Å². The van der Waals surface area contributed by atoms with E-state index in [0.717, 1.165) is 12.1 Å². The van der Waals surface area contributed by atoms with Crippen LogP contribution in [0.5, 0.6) is 0 Å². The van der Waals surface area contributed by atoms with Crippen molar-refractivity contribution in [2.24, 2.45) is 5.41 Å². The fourth-order valence-corrected chi connectivity index (χ4v) is 1.75. The molecule has 2 nitrogen and oxygen atoms in total. The second-order valence-electron chi connectivity index (χ2n) is 7.31. The summed E-state index contributed by atoms with van der Waals surface area (Å²) in [6.07, 6.45) is 0. The molecule has 0 atom stereocenters. The van der Waals surface area contributed by atoms with Crippen molar-refractivity contribution < 1.29 is 4.79 Å². The third-order valence-corrected chi connectivity index (χ3v) is 3.44. The van der Waals surface area contributed by atoms with Gasteiger partial charge in [-0.1, -0.05) is 39.0 Å². The largest absolute Gasteiger partial charge is 0.297 e. The molecule has 0 N–H and O–H groups in total. The molecule has 0 saturated heterocycles. The molecule has 0 bridgehead atoms. The maximum Gasteiger partial charge on any atom is 0.168 e. The maximum absolute atomic E-state index is 12.3. The Labute approximate surface area is 117 Å². The highest BCUT2D eigenvalue weighted by Crippen LogP contribution is 2.22. The Morgan fingerprint density at radius 1 is 1.11 bits per heavy atom. The summed E-state index contributed by atoms with van der Waals surface area (Å²) in [5.41, 5.74) is 1.80. The van der Waals surface area contributed by atoms with Crippen LogP contribution in [0.25, 0.3) is 0 Å². The number of carbonyl (C=O) groups excluding carboxylic acids is 1. The second kappa shape index (κ2) is 5.46. The van der Waals surface area contributed by atoms with Crippen molar-refractivity contribution in [3.8, 4) is 0 Å². The molecule has 0 unspecified atom stereocenters. The molecular weight excluding hydrogens is 234 g/mol. The molecular formula is C17H27NO. The average Bonchev–Trinajstić information content (AvgIpc) is 2.26. The molecule has 19 heavy (non-hydrogen) atoms. The lowest BCUT2D eigenvalue weighted by molar-refractivity contribution is 0.0858. The monoisotopic (exact) mass is 261 g/mol. The van der Waals surface area contributed by atoms with Gasteiger partial charge in [-0.2, -0.15) is 0 Å². The van der Waals surface area contributed by atoms with Gasteiger partial charge < -0.3 is 0 Å². The van der Waals surface area contributed by atoms with Crippen LogP contribution >= 0.6 is 0 Å². The number of nitrogens with zero attached hydrogens (tertiary/aromatic N) is 1. The van der Waals surface area contributed by atoms with Crippen LogP contribution in [-0.2, 0) is 6.54 Å². The Morgan fingerprint density at radius 2 is 1.68 bits per heavy atom. The van der Waals surface area contributed by atoms with E-state index < -0.39 is 0 Å². The van der Waals surface area contributed by atoms with Gasteiger partial charge in [-0.3, -0.25) is 9.69 Å². The van der Waals surface area contributed by atoms with E-state index in [9.17, 15) is 4.79 Å². The van der Waals surface area contributed by atoms with Gasteiger partial charge in [-0.25, -0.2) is 0 Å². The first-order valence-corrected chi connectivity index (χ1v) is 6.87. The van der Waals surface area contributed by atoms with Gasteiger partial charge >= 0.3 is 0 Å². The molecule has 1 aromatic rings. The molecule has 0 aromatic heterocycles. The Hall–Kier alpha value is -1.15. The predicted molar refractivity (Wildman–Crippen MR) is 81.4 cm³/mol. The van der Waals surface area contributed by atoms with Crippen LogP contribution in [0, 0.1) is 5.41 Å². The number of ketones is 1. The summed E-state index contributed by atoms with van der Waals surface area (Å²) in [6.45, 7) is 13.3. The van der Waals surface area contributed by atoms with E-state index in [1.54, 1.807) is 0 Å². The molecule has 106 valence electrons. The summed E-state index contributed by atoms with van der Waals surface area (Å²) in [5, 5.41) is 0. The van der Waals surface area contributed by atoms with E-state index in [4.69, 9.17) is 0 Å². The van der Waals surface area contributed by atoms with Gasteiger partial charge in [0.25, 0.3) is 0 Å². The fraction of sp³-hybridized carbons (Fsp3) is 0.588. The third kappa shape index (κ3) is 4.46. The number of carbonyl (C=O) groups is 1. The average molecular weight is 261 g/mol. The lowest BCUT2D eigenvalue weighted by Gasteiger charge is -2.32. The smallest absolute Gasteiger partial charge is 0.168 e. The summed E-state index contributed by atoms with van der Waals surface area (Å²) in [6, 6.07) is 8.00. The van der Waals surface area contributed by atoms with Gasteiger partial charge in [-0.15, -0.1) is 0 Å². The van der Waals surface area contributed by atoms with Crippen LogP contribution in [0.3, 0.4) is 0 Å². The Morgan fingerprint density at radius 3 is 2.16 bits per heavy atom. The van der Waals surface area contributed by atoms with E-state index in [1.165, 1.54) is 5.56 Å². The highest BCUT2D eigenvalue weighted by Gasteiger charge is 2.23. The molecule has 0 heterocycles. The summed E-state index contributed by atoms with van der Waals surface area (Å²) < 4.78 is 0. The summed E-state index contributed by atoms with van der Waals surface area (Å²) in [4.78, 5) is 14.6. The predicted octanol–water partition coefficient (Wildman–Crippen LogP) is 4.15. The minimum absolute atomic E-state index is 0.129. The van der Waals surface area contributed by atoms with Gasteiger partial charge in [0.05, 0.1) is 0 Å². The summed E-state index contributed by atoms with van der Waals surface area (Å²) >= 11 is 0. The van der Waals surface area contributed by atoms with E-state index in [1.807, 2.05) is 39.0 Å². The SMILES string of the molecule is CN(Cc1cccc(C(=O)C(C)(C)C)c1)C(C)(C)C. The molecule has 0 aliphatic rings. The summed E-state index contributed by atoms with van der Waals surface area (Å²) in [7, 11) is 2.11. The third-order valence-electron chi connectivity index (χ3n) is 3.44. The highest BCUT2D eigenvalue weighted by molar-refractivity contribution is 5.99. The molecule has 0 radical (unpaired) electrons. The topological polar surface area (TPSA) is 20.3 Å². The minimum atomic E-state index is -0.325. The lowest BCUT2D eigenvalue weighted by atomic mass is 9.86. The zero-order valence-corrected chi connectivity index (χ0v) is 13.4. The molecule has 0 amide bonds. The van der Waals surface area contributed by atoms with Crippen LogP contribution in [-0.4, -0.2) is 23.3 Å². The van der Waals surface area contributed by atoms with Crippen LogP contribution in [0.4, 0.5) is 0 Å². The lowest BCUT2D eigenvalue weighted by Crippen LogP contribution is -2.37. The van der Waals surface area contributed by atoms with Gasteiger partial charge in [0.2, 0.25) is 0 Å². The van der Waals surface area contributed by atoms with Crippen molar-refractivity contribution in [2.75, 3.05) is 7.05 Å². The van der Waals surface area contributed by atoms with E-state index in [2.05, 4.69) is 38.8 Å². The molecule has 0 aliphatic carbocycles. The Kier molecular flexibility index (Phi) is 4.57. The van der Waals surface area contributed by atoms with Crippen LogP contribution < -0.4 is 0 Å². The minimum Gasteiger partial charge on any atom is -0.297 e. The Balaban J connectivity index is 2.93. The number of rotatable bonds is 3. The fourth-order valence-electron chi connectivity index (χ4n) is 1.75. The zero-order valence-electron chi connectivity index (χ0n) is 13.4. The first-order valence-electron chi connectivity index (χ1n) is 6.87. The molecule has 1 rings (SSSR count). The quantitative estimate of drug-likeness (QED) is 0.762. The van der Waals surface area contributed by atoms with Crippen LogP contribution in [0.2, 0.25) is 0 Å². The van der Waals surface area contributed by atoms with Crippen molar-refractivity contribution in [3.63, 3.8) is 0 Å². The van der Waals surface area contributed by atoms with Crippen molar-refractivity contribution in [1.82, 2.24) is 4.90 Å². The second-order valence-corrected chi connectivity index (χ2v) is 7.31. The maximum atomic E-state index is 12.3. The van der Waals surface area contributed by atoms with E-state index >= 15 is 0 Å². The van der Waals surface area contributed by atoms with E-state index in [-0.39, 0.29) is 16.7 Å². The standard InChI is InChI=1S/C17H27NO/c1-16(2,3)15(19)14-10-8-9-13(11-14)12-18(7)17(4,5)6/h8-11H,12H2,1-7H3. The molecule has 0 spiro atoms. The number of Topliss-reactive ketones (excluding diaryl/α,β-unsaturated/α-hetero) is 1. The number of benzene rings is 1. The van der Waals surface area contributed by atoms with Gasteiger partial charge in [0, 0.05) is 23.1 Å². The molecule has 2 heteroatoms. The van der Waals surface area contributed by atoms with Crippen molar-refractivity contribution in [2.45, 2.75) is 53.6 Å². The normalized spacial score (nSPS) is 12.8. The Bertz CT molecular complexity index is 449. The first-order chi connectivity index (χ1) is 8.51. The zero-order chi connectivity index (χ0) is 14.8. The van der Waals surface area contributed by atoms with Crippen LogP contribution in [0.1, 0.15) is 57.5 Å². The number of hydrogen-bond donors (Lipinski definition) is 0. The van der Waals surface area contributed by atoms with Crippen LogP contribution in [0.15, 0.2) is 24.3 Å². The number of hydrogen-bond acceptors (Lipinski definition) is 2. The van der Waals surface area contributed by atoms with Crippen molar-refractivity contribution in [3.05, 3.63) is 35.4 Å². The van der Waals surface area contributed by atoms with Crippen molar-refractivity contribution >= 4 is 5.78 Å². The highest BCUT2D eigenvalue weighted by atomic mass is 16.1. The van der Waals surface area contributed by atoms with Gasteiger partial charge in [-0.05, 0) is 39.4 Å². The summed E-state index contributed by atoms with van der Waals surface area (Å²) in [5.74, 6) is 0.202.